The third-order valence-corrected chi connectivity index (χ3v) is 0.393. The molecule has 0 heterocycles. The number of hydrogen-bond acceptors (Lipinski definition) is 3. The van der Waals surface area contributed by atoms with Crippen molar-refractivity contribution in [2.75, 3.05) is 0 Å². The number of carboxylic acids is 1. The fraction of sp³-hybridized carbons (Fsp3) is 0.500. The van der Waals surface area contributed by atoms with Gasteiger partial charge in [-0.2, -0.15) is 0 Å². The normalized spacial score (nSPS) is 7.12. The molecular weight excluding hydrogens is 119 g/mol. The van der Waals surface area contributed by atoms with Crippen LogP contribution in [0.2, 0.25) is 0 Å². The van der Waals surface area contributed by atoms with Gasteiger partial charge in [0, 0.05) is 12.4 Å². The molecule has 0 aliphatic carbocycles. The maximum absolute atomic E-state index is 9.83. The van der Waals surface area contributed by atoms with Gasteiger partial charge < -0.3 is 9.90 Å². The molecule has 0 aromatic heterocycles. The van der Waals surface area contributed by atoms with Gasteiger partial charge in [0.25, 0.3) is 0 Å². The quantitative estimate of drug-likeness (QED) is 0.276. The maximum Gasteiger partial charge on any atom is 1.00 e. The van der Waals surface area contributed by atoms with Crippen molar-refractivity contribution in [2.45, 2.75) is 13.3 Å². The molecule has 0 amide bonds. The summed E-state index contributed by atoms with van der Waals surface area (Å²) in [6.07, 6.45) is -0.472. The molecule has 0 bridgehead atoms. The molecule has 0 radical (unpaired) electrons. The molecule has 0 saturated heterocycles. The summed E-state index contributed by atoms with van der Waals surface area (Å²) >= 11 is 0. The molecule has 0 saturated carbocycles. The van der Waals surface area contributed by atoms with E-state index < -0.39 is 12.4 Å². The van der Waals surface area contributed by atoms with Crippen molar-refractivity contribution < 1.29 is 44.3 Å². The molecule has 0 aromatic carbocycles. The molecule has 0 spiro atoms. The Bertz CT molecular complexity index is 87.5. The van der Waals surface area contributed by atoms with Crippen LogP contribution in [0.4, 0.5) is 0 Å². The molecule has 0 aliphatic rings. The Hall–Kier alpha value is 0.140. The van der Waals surface area contributed by atoms with Gasteiger partial charge in [-0.15, -0.1) is 0 Å². The van der Waals surface area contributed by atoms with Gasteiger partial charge in [-0.1, -0.05) is 0 Å². The Morgan fingerprint density at radius 1 is 1.50 bits per heavy atom. The van der Waals surface area contributed by atoms with Crippen molar-refractivity contribution in [1.82, 2.24) is 0 Å². The van der Waals surface area contributed by atoms with Gasteiger partial charge in [-0.25, -0.2) is 0 Å². The fourth-order valence-corrected chi connectivity index (χ4v) is 0.203. The van der Waals surface area contributed by atoms with Crippen LogP contribution in [-0.2, 0) is 9.59 Å². The van der Waals surface area contributed by atoms with Crippen molar-refractivity contribution in [3.05, 3.63) is 0 Å². The van der Waals surface area contributed by atoms with Gasteiger partial charge in [0.2, 0.25) is 0 Å². The minimum atomic E-state index is -1.31. The van der Waals surface area contributed by atoms with Crippen LogP contribution in [0.25, 0.3) is 0 Å². The molecule has 40 valence electrons. The van der Waals surface area contributed by atoms with Gasteiger partial charge >= 0.3 is 29.6 Å². The van der Waals surface area contributed by atoms with Crippen LogP contribution in [0.5, 0.6) is 0 Å². The number of carboxylic acid groups (broad SMARTS) is 1. The molecule has 0 aromatic rings. The Labute approximate surface area is 69.4 Å². The first-order chi connectivity index (χ1) is 3.13. The molecular formula is C4H5NaO3. The first kappa shape index (κ1) is 11.0. The first-order valence-corrected chi connectivity index (χ1v) is 1.82. The predicted molar refractivity (Wildman–Crippen MR) is 20.3 cm³/mol. The summed E-state index contributed by atoms with van der Waals surface area (Å²) in [5.41, 5.74) is 0. The summed E-state index contributed by atoms with van der Waals surface area (Å²) in [7, 11) is 0. The molecule has 0 unspecified atom stereocenters. The Morgan fingerprint density at radius 2 is 1.88 bits per heavy atom. The minimum Gasteiger partial charge on any atom is -0.550 e. The van der Waals surface area contributed by atoms with Crippen LogP contribution < -0.4 is 34.7 Å². The molecule has 8 heavy (non-hydrogen) atoms. The van der Waals surface area contributed by atoms with Crippen molar-refractivity contribution in [3.8, 4) is 0 Å². The van der Waals surface area contributed by atoms with E-state index in [0.717, 1.165) is 0 Å². The molecule has 0 rings (SSSR count). The second-order valence-electron chi connectivity index (χ2n) is 1.25. The van der Waals surface area contributed by atoms with E-state index >= 15 is 0 Å². The topological polar surface area (TPSA) is 57.2 Å². The zero-order valence-corrected chi connectivity index (χ0v) is 6.93. The van der Waals surface area contributed by atoms with Gasteiger partial charge in [0.1, 0.15) is 5.78 Å². The second kappa shape index (κ2) is 5.28. The number of aliphatic carboxylic acids is 1. The van der Waals surface area contributed by atoms with Crippen LogP contribution in [0, 0.1) is 0 Å². The van der Waals surface area contributed by atoms with Crippen LogP contribution in [0.1, 0.15) is 13.3 Å². The molecule has 3 nitrogen and oxygen atoms in total. The average Bonchev–Trinajstić information content (AvgIpc) is 1.27. The molecule has 0 fully saturated rings. The van der Waals surface area contributed by atoms with E-state index in [2.05, 4.69) is 0 Å². The van der Waals surface area contributed by atoms with Crippen LogP contribution >= 0.6 is 0 Å². The van der Waals surface area contributed by atoms with Crippen LogP contribution in [-0.4, -0.2) is 11.8 Å². The first-order valence-electron chi connectivity index (χ1n) is 1.82. The summed E-state index contributed by atoms with van der Waals surface area (Å²) in [4.78, 5) is 19.3. The van der Waals surface area contributed by atoms with E-state index in [4.69, 9.17) is 0 Å². The van der Waals surface area contributed by atoms with Gasteiger partial charge in [-0.05, 0) is 6.92 Å². The maximum atomic E-state index is 9.83. The number of carbonyl (C=O) groups is 2. The summed E-state index contributed by atoms with van der Waals surface area (Å²) in [6.45, 7) is 1.20. The smallest absolute Gasteiger partial charge is 0.550 e. The molecule has 0 aliphatic heterocycles. The van der Waals surface area contributed by atoms with Crippen LogP contribution in [0.15, 0.2) is 0 Å². The third-order valence-electron chi connectivity index (χ3n) is 0.393. The zero-order valence-electron chi connectivity index (χ0n) is 4.93. The van der Waals surface area contributed by atoms with Crippen molar-refractivity contribution in [3.63, 3.8) is 0 Å². The van der Waals surface area contributed by atoms with E-state index in [0.29, 0.717) is 0 Å². The summed E-state index contributed by atoms with van der Waals surface area (Å²) in [6, 6.07) is 0. The molecule has 4 heteroatoms. The minimum absolute atomic E-state index is 0. The third kappa shape index (κ3) is 9.46. The fourth-order valence-electron chi connectivity index (χ4n) is 0.203. The molecule has 0 atom stereocenters. The standard InChI is InChI=1S/C4H6O3.Na/c1-3(5)2-4(6)7;/h2H2,1H3,(H,6,7);/q;+1/p-1. The van der Waals surface area contributed by atoms with E-state index in [-0.39, 0.29) is 35.3 Å². The Balaban J connectivity index is 0. The number of ketones is 1. The van der Waals surface area contributed by atoms with E-state index in [1.165, 1.54) is 6.92 Å². The second-order valence-corrected chi connectivity index (χ2v) is 1.25. The zero-order chi connectivity index (χ0) is 5.86. The van der Waals surface area contributed by atoms with Crippen molar-refractivity contribution in [2.24, 2.45) is 0 Å². The SMILES string of the molecule is CC(=O)CC(=O)[O-].[Na+]. The monoisotopic (exact) mass is 124 g/mol. The Kier molecular flexibility index (Phi) is 7.26. The van der Waals surface area contributed by atoms with Crippen molar-refractivity contribution in [1.29, 1.82) is 0 Å². The average molecular weight is 124 g/mol. The predicted octanol–water partition coefficient (Wildman–Crippen LogP) is -4.28. The summed E-state index contributed by atoms with van der Waals surface area (Å²) < 4.78 is 0. The van der Waals surface area contributed by atoms with E-state index in [1.807, 2.05) is 0 Å². The number of hydrogen-bond donors (Lipinski definition) is 0. The summed E-state index contributed by atoms with van der Waals surface area (Å²) in [5, 5.41) is 9.48. The van der Waals surface area contributed by atoms with Crippen molar-refractivity contribution >= 4 is 11.8 Å². The van der Waals surface area contributed by atoms with Gasteiger partial charge in [-0.3, -0.25) is 4.79 Å². The van der Waals surface area contributed by atoms with E-state index in [9.17, 15) is 14.7 Å². The van der Waals surface area contributed by atoms with Gasteiger partial charge in [0.05, 0.1) is 0 Å². The number of carbonyl (C=O) groups excluding carboxylic acids is 2. The molecule has 0 N–H and O–H groups in total. The number of Topliss-reactive ketones (excluding diaryl/α,β-unsaturated/α-hetero) is 1. The Morgan fingerprint density at radius 3 is 1.88 bits per heavy atom. The largest absolute Gasteiger partial charge is 1.00 e. The van der Waals surface area contributed by atoms with Crippen LogP contribution in [0.3, 0.4) is 0 Å². The summed E-state index contributed by atoms with van der Waals surface area (Å²) in [5.74, 6) is -1.69. The number of rotatable bonds is 2. The van der Waals surface area contributed by atoms with E-state index in [1.54, 1.807) is 0 Å². The van der Waals surface area contributed by atoms with Gasteiger partial charge in [0.15, 0.2) is 0 Å².